The fraction of sp³-hybridized carbons (Fsp3) is 0. The van der Waals surface area contributed by atoms with Gasteiger partial charge >= 0.3 is 0 Å². The molecule has 0 fully saturated rings. The van der Waals surface area contributed by atoms with Gasteiger partial charge in [0, 0.05) is 38.5 Å². The predicted octanol–water partition coefficient (Wildman–Crippen LogP) is 15.1. The van der Waals surface area contributed by atoms with Crippen LogP contribution >= 0.6 is 0 Å². The summed E-state index contributed by atoms with van der Waals surface area (Å²) in [5.74, 6) is 0. The van der Waals surface area contributed by atoms with Crippen molar-refractivity contribution in [3.63, 3.8) is 0 Å². The molecule has 0 radical (unpaired) electrons. The first-order chi connectivity index (χ1) is 27.3. The van der Waals surface area contributed by atoms with E-state index in [1.54, 1.807) is 0 Å². The topological polar surface area (TPSA) is 29.5 Å². The number of fused-ring (bicyclic) bond motifs is 8. The van der Waals surface area contributed by atoms with Gasteiger partial charge in [0.15, 0.2) is 0 Å². The highest BCUT2D eigenvalue weighted by Crippen LogP contribution is 2.46. The van der Waals surface area contributed by atoms with E-state index in [4.69, 9.17) is 8.83 Å². The van der Waals surface area contributed by atoms with E-state index in [0.717, 1.165) is 94.0 Å². The van der Waals surface area contributed by atoms with Crippen molar-refractivity contribution >= 4 is 71.7 Å². The molecule has 0 aliphatic carbocycles. The number of para-hydroxylation sites is 3. The van der Waals surface area contributed by atoms with Crippen LogP contribution in [0.15, 0.2) is 209 Å². The lowest BCUT2D eigenvalue weighted by molar-refractivity contribution is 0.670. The van der Waals surface area contributed by atoms with Crippen LogP contribution in [0.5, 0.6) is 0 Å². The van der Waals surface area contributed by atoms with E-state index < -0.39 is 0 Å². The molecule has 0 saturated carbocycles. The molecule has 0 aliphatic rings. The molecule has 0 bridgehead atoms. The van der Waals surface area contributed by atoms with E-state index in [9.17, 15) is 0 Å². The van der Waals surface area contributed by atoms with Gasteiger partial charge in [-0.15, -0.1) is 0 Å². The number of furan rings is 2. The molecule has 0 amide bonds. The summed E-state index contributed by atoms with van der Waals surface area (Å²) in [7, 11) is 0. The third-order valence-corrected chi connectivity index (χ3v) is 10.9. The summed E-state index contributed by atoms with van der Waals surface area (Å²) in [5, 5.41) is 6.67. The molecule has 0 atom stereocenters. The smallest absolute Gasteiger partial charge is 0.143 e. The second-order valence-corrected chi connectivity index (χ2v) is 14.0. The first kappa shape index (κ1) is 31.2. The Bertz CT molecular complexity index is 3180. The number of anilines is 3. The maximum absolute atomic E-state index is 6.80. The van der Waals surface area contributed by atoms with Crippen LogP contribution in [0.4, 0.5) is 17.1 Å². The van der Waals surface area contributed by atoms with E-state index in [-0.39, 0.29) is 0 Å². The van der Waals surface area contributed by atoms with Gasteiger partial charge in [-0.3, -0.25) is 0 Å². The Labute approximate surface area is 317 Å². The molecule has 2 aromatic heterocycles. The van der Waals surface area contributed by atoms with E-state index in [1.165, 1.54) is 11.1 Å². The van der Waals surface area contributed by atoms with Crippen molar-refractivity contribution in [1.29, 1.82) is 0 Å². The highest BCUT2D eigenvalue weighted by atomic mass is 16.3. The minimum atomic E-state index is 0.853. The van der Waals surface area contributed by atoms with Crippen molar-refractivity contribution in [3.05, 3.63) is 200 Å². The Morgan fingerprint density at radius 1 is 0.309 bits per heavy atom. The number of nitrogens with zero attached hydrogens (tertiary/aromatic N) is 1. The second-order valence-electron chi connectivity index (χ2n) is 14.0. The van der Waals surface area contributed by atoms with Crippen molar-refractivity contribution in [2.75, 3.05) is 4.90 Å². The molecule has 11 rings (SSSR count). The van der Waals surface area contributed by atoms with Crippen LogP contribution in [0.2, 0.25) is 0 Å². The molecule has 0 N–H and O–H groups in total. The molecular formula is C52H33NO2. The van der Waals surface area contributed by atoms with Crippen LogP contribution in [0.25, 0.3) is 88.0 Å². The van der Waals surface area contributed by atoms with Crippen LogP contribution < -0.4 is 4.90 Å². The van der Waals surface area contributed by atoms with Crippen LogP contribution in [-0.2, 0) is 0 Å². The molecule has 0 unspecified atom stereocenters. The predicted molar refractivity (Wildman–Crippen MR) is 229 cm³/mol. The quantitative estimate of drug-likeness (QED) is 0.173. The van der Waals surface area contributed by atoms with Gasteiger partial charge in [0.1, 0.15) is 22.3 Å². The molecule has 3 nitrogen and oxygen atoms in total. The lowest BCUT2D eigenvalue weighted by Gasteiger charge is -2.26. The average molecular weight is 704 g/mol. The molecular weight excluding hydrogens is 671 g/mol. The Morgan fingerprint density at radius 3 is 1.62 bits per heavy atom. The van der Waals surface area contributed by atoms with Gasteiger partial charge < -0.3 is 13.7 Å². The summed E-state index contributed by atoms with van der Waals surface area (Å²) in [6.07, 6.45) is 0. The summed E-state index contributed by atoms with van der Waals surface area (Å²) >= 11 is 0. The third-order valence-electron chi connectivity index (χ3n) is 10.9. The molecule has 55 heavy (non-hydrogen) atoms. The summed E-state index contributed by atoms with van der Waals surface area (Å²) in [6, 6.07) is 70.8. The highest BCUT2D eigenvalue weighted by molar-refractivity contribution is 6.22. The molecule has 9 aromatic carbocycles. The van der Waals surface area contributed by atoms with Crippen molar-refractivity contribution in [2.24, 2.45) is 0 Å². The Morgan fingerprint density at radius 2 is 0.836 bits per heavy atom. The van der Waals surface area contributed by atoms with Gasteiger partial charge in [-0.2, -0.15) is 0 Å². The van der Waals surface area contributed by atoms with Crippen LogP contribution in [0, 0.1) is 0 Å². The Kier molecular flexibility index (Phi) is 7.17. The highest BCUT2D eigenvalue weighted by Gasteiger charge is 2.22. The summed E-state index contributed by atoms with van der Waals surface area (Å²) in [5.41, 5.74) is 13.7. The number of hydrogen-bond acceptors (Lipinski definition) is 3. The molecule has 2 heterocycles. The zero-order chi connectivity index (χ0) is 36.3. The largest absolute Gasteiger partial charge is 0.455 e. The van der Waals surface area contributed by atoms with Gasteiger partial charge in [-0.05, 0) is 81.7 Å². The fourth-order valence-electron chi connectivity index (χ4n) is 8.30. The third kappa shape index (κ3) is 5.13. The van der Waals surface area contributed by atoms with Crippen LogP contribution in [-0.4, -0.2) is 0 Å². The van der Waals surface area contributed by atoms with E-state index >= 15 is 0 Å². The molecule has 0 spiro atoms. The monoisotopic (exact) mass is 703 g/mol. The fourth-order valence-corrected chi connectivity index (χ4v) is 8.30. The van der Waals surface area contributed by atoms with Gasteiger partial charge in [-0.25, -0.2) is 0 Å². The van der Waals surface area contributed by atoms with E-state index in [1.807, 2.05) is 12.1 Å². The van der Waals surface area contributed by atoms with Crippen molar-refractivity contribution in [2.45, 2.75) is 0 Å². The molecule has 11 aromatic rings. The summed E-state index contributed by atoms with van der Waals surface area (Å²) in [6.45, 7) is 0. The summed E-state index contributed by atoms with van der Waals surface area (Å²) in [4.78, 5) is 2.34. The number of benzene rings is 9. The zero-order valence-electron chi connectivity index (χ0n) is 29.8. The molecule has 0 saturated heterocycles. The normalized spacial score (nSPS) is 11.6. The van der Waals surface area contributed by atoms with Gasteiger partial charge in [0.25, 0.3) is 0 Å². The van der Waals surface area contributed by atoms with Crippen molar-refractivity contribution in [3.8, 4) is 33.4 Å². The molecule has 0 aliphatic heterocycles. The van der Waals surface area contributed by atoms with Crippen molar-refractivity contribution in [1.82, 2.24) is 0 Å². The Balaban J connectivity index is 1.08. The van der Waals surface area contributed by atoms with Gasteiger partial charge in [0.2, 0.25) is 0 Å². The maximum Gasteiger partial charge on any atom is 0.143 e. The average Bonchev–Trinajstić information content (AvgIpc) is 3.84. The Hall–Kier alpha value is -7.36. The first-order valence-corrected chi connectivity index (χ1v) is 18.7. The summed E-state index contributed by atoms with van der Waals surface area (Å²) < 4.78 is 13.2. The number of hydrogen-bond donors (Lipinski definition) is 0. The minimum absolute atomic E-state index is 0.853. The molecule has 3 heteroatoms. The lowest BCUT2D eigenvalue weighted by Crippen LogP contribution is -2.10. The molecule has 258 valence electrons. The minimum Gasteiger partial charge on any atom is -0.455 e. The van der Waals surface area contributed by atoms with Crippen LogP contribution in [0.3, 0.4) is 0 Å². The number of rotatable bonds is 6. The second kappa shape index (κ2) is 12.6. The van der Waals surface area contributed by atoms with Gasteiger partial charge in [-0.1, -0.05) is 152 Å². The SMILES string of the molecule is c1ccc(-c2ccc(N(c3ccccc3)c3cccc4oc5c6ccccc6c(-c6ccc(-c7cccc8c7oc7ccccc78)cc6)cc5c34)cc2)cc1. The maximum atomic E-state index is 6.80. The van der Waals surface area contributed by atoms with Crippen LogP contribution in [0.1, 0.15) is 0 Å². The van der Waals surface area contributed by atoms with E-state index in [2.05, 4.69) is 193 Å². The first-order valence-electron chi connectivity index (χ1n) is 18.7. The van der Waals surface area contributed by atoms with Gasteiger partial charge in [0.05, 0.1) is 11.1 Å². The van der Waals surface area contributed by atoms with Crippen molar-refractivity contribution < 1.29 is 8.83 Å². The zero-order valence-corrected chi connectivity index (χ0v) is 29.8. The lowest BCUT2D eigenvalue weighted by atomic mass is 9.93. The standard InChI is InChI=1S/C52H33NO2/c1-3-13-34(14-4-1)35-29-31-39(32-30-35)53(38-15-5-2-6-16-38)47-22-12-24-49-50(47)46-33-45(41-17-7-8-19-43(41)52(46)55-49)37-27-25-36(26-28-37)40-20-11-21-44-42-18-9-10-23-48(42)54-51(40)44/h1-33H. The van der Waals surface area contributed by atoms with E-state index in [0.29, 0.717) is 0 Å².